The van der Waals surface area contributed by atoms with Crippen LogP contribution in [-0.4, -0.2) is 57.4 Å². The second-order valence-corrected chi connectivity index (χ2v) is 10.8. The molecule has 0 bridgehead atoms. The van der Waals surface area contributed by atoms with Crippen LogP contribution in [0.4, 0.5) is 8.78 Å². The first-order valence-corrected chi connectivity index (χ1v) is 12.5. The predicted octanol–water partition coefficient (Wildman–Crippen LogP) is 4.65. The second-order valence-electron chi connectivity index (χ2n) is 10.8. The molecule has 2 amide bonds. The van der Waals surface area contributed by atoms with Crippen molar-refractivity contribution in [1.82, 2.24) is 25.2 Å². The van der Waals surface area contributed by atoms with Gasteiger partial charge in [0.1, 0.15) is 23.3 Å². The molecular formula is C27H31F2N5O3. The van der Waals surface area contributed by atoms with Gasteiger partial charge in [-0.15, -0.1) is 0 Å². The van der Waals surface area contributed by atoms with Gasteiger partial charge < -0.3 is 19.9 Å². The molecule has 0 radical (unpaired) electrons. The monoisotopic (exact) mass is 511 g/mol. The van der Waals surface area contributed by atoms with E-state index in [2.05, 4.69) is 20.3 Å². The number of nitrogens with zero attached hydrogens (tertiary/aromatic N) is 3. The summed E-state index contributed by atoms with van der Waals surface area (Å²) >= 11 is 0. The van der Waals surface area contributed by atoms with Gasteiger partial charge in [-0.3, -0.25) is 9.59 Å². The third-order valence-corrected chi connectivity index (χ3v) is 7.38. The molecule has 37 heavy (non-hydrogen) atoms. The van der Waals surface area contributed by atoms with Gasteiger partial charge in [0.25, 0.3) is 12.3 Å². The maximum Gasteiger partial charge on any atom is 0.263 e. The molecule has 196 valence electrons. The zero-order valence-electron chi connectivity index (χ0n) is 21.4. The normalized spacial score (nSPS) is 19.0. The predicted molar refractivity (Wildman–Crippen MR) is 135 cm³/mol. The van der Waals surface area contributed by atoms with E-state index < -0.39 is 6.43 Å². The number of aromatic nitrogens is 3. The van der Waals surface area contributed by atoms with Crippen molar-refractivity contribution in [3.63, 3.8) is 0 Å². The lowest BCUT2D eigenvalue weighted by Crippen LogP contribution is -2.44. The SMILES string of the molecule is CC(=O)N1C[C@@H](NC(=O)c2c(C)[nH]c3c(-c4cc(C(F)F)ccc4OCC4CC4)ncnc23)C(C)(C)C1. The maximum absolute atomic E-state index is 13.6. The Morgan fingerprint density at radius 1 is 1.27 bits per heavy atom. The first-order chi connectivity index (χ1) is 17.5. The fraction of sp³-hybridized carbons (Fsp3) is 0.481. The highest BCUT2D eigenvalue weighted by Crippen LogP contribution is 2.38. The highest BCUT2D eigenvalue weighted by Gasteiger charge is 2.41. The summed E-state index contributed by atoms with van der Waals surface area (Å²) in [6, 6.07) is 4.07. The Morgan fingerprint density at radius 3 is 2.68 bits per heavy atom. The van der Waals surface area contributed by atoms with Gasteiger partial charge in [0.15, 0.2) is 0 Å². The Balaban J connectivity index is 1.52. The van der Waals surface area contributed by atoms with Gasteiger partial charge in [-0.05, 0) is 43.9 Å². The van der Waals surface area contributed by atoms with Crippen LogP contribution in [0.25, 0.3) is 22.3 Å². The lowest BCUT2D eigenvalue weighted by Gasteiger charge is -2.26. The van der Waals surface area contributed by atoms with Crippen molar-refractivity contribution in [2.24, 2.45) is 11.3 Å². The van der Waals surface area contributed by atoms with Crippen LogP contribution in [0.2, 0.25) is 0 Å². The van der Waals surface area contributed by atoms with Crippen molar-refractivity contribution in [2.45, 2.75) is 53.0 Å². The zero-order valence-corrected chi connectivity index (χ0v) is 21.4. The summed E-state index contributed by atoms with van der Waals surface area (Å²) in [5, 5.41) is 3.09. The molecule has 2 N–H and O–H groups in total. The summed E-state index contributed by atoms with van der Waals surface area (Å²) in [4.78, 5) is 39.1. The Bertz CT molecular complexity index is 1370. The van der Waals surface area contributed by atoms with Gasteiger partial charge in [0.05, 0.1) is 23.7 Å². The number of alkyl halides is 2. The highest BCUT2D eigenvalue weighted by molar-refractivity contribution is 6.09. The number of likely N-dealkylation sites (tertiary alicyclic amines) is 1. The van der Waals surface area contributed by atoms with Gasteiger partial charge in [0.2, 0.25) is 5.91 Å². The molecule has 1 atom stereocenters. The molecule has 2 fully saturated rings. The van der Waals surface area contributed by atoms with E-state index in [1.54, 1.807) is 17.9 Å². The van der Waals surface area contributed by atoms with Gasteiger partial charge in [-0.2, -0.15) is 0 Å². The van der Waals surface area contributed by atoms with Crippen molar-refractivity contribution in [3.05, 3.63) is 41.3 Å². The molecule has 2 aliphatic rings. The third kappa shape index (κ3) is 4.89. The molecule has 1 saturated carbocycles. The largest absolute Gasteiger partial charge is 0.493 e. The minimum Gasteiger partial charge on any atom is -0.493 e. The second kappa shape index (κ2) is 9.39. The van der Waals surface area contributed by atoms with Crippen LogP contribution in [0.5, 0.6) is 5.75 Å². The number of halogens is 2. The minimum absolute atomic E-state index is 0.0313. The average Bonchev–Trinajstić information content (AvgIpc) is 3.53. The van der Waals surface area contributed by atoms with Crippen molar-refractivity contribution in [1.29, 1.82) is 0 Å². The van der Waals surface area contributed by atoms with E-state index in [4.69, 9.17) is 4.74 Å². The van der Waals surface area contributed by atoms with Crippen LogP contribution in [0.3, 0.4) is 0 Å². The molecule has 2 aromatic heterocycles. The van der Waals surface area contributed by atoms with E-state index in [9.17, 15) is 18.4 Å². The van der Waals surface area contributed by atoms with E-state index in [1.165, 1.54) is 25.4 Å². The minimum atomic E-state index is -2.65. The van der Waals surface area contributed by atoms with Crippen LogP contribution in [0, 0.1) is 18.3 Å². The van der Waals surface area contributed by atoms with E-state index in [1.807, 2.05) is 13.8 Å². The number of carbonyl (C=O) groups excluding carboxylic acids is 2. The number of H-pyrrole nitrogens is 1. The number of carbonyl (C=O) groups is 2. The number of benzene rings is 1. The van der Waals surface area contributed by atoms with Crippen LogP contribution < -0.4 is 10.1 Å². The number of aryl methyl sites for hydroxylation is 1. The van der Waals surface area contributed by atoms with E-state index in [-0.39, 0.29) is 28.8 Å². The summed E-state index contributed by atoms with van der Waals surface area (Å²) in [6.07, 6.45) is 0.875. The van der Waals surface area contributed by atoms with Crippen molar-refractivity contribution < 1.29 is 23.1 Å². The first kappa shape index (κ1) is 25.1. The molecule has 8 nitrogen and oxygen atoms in total. The molecule has 5 rings (SSSR count). The summed E-state index contributed by atoms with van der Waals surface area (Å²) < 4.78 is 33.2. The van der Waals surface area contributed by atoms with Crippen molar-refractivity contribution >= 4 is 22.8 Å². The van der Waals surface area contributed by atoms with Gasteiger partial charge >= 0.3 is 0 Å². The molecule has 10 heteroatoms. The van der Waals surface area contributed by atoms with Gasteiger partial charge in [-0.1, -0.05) is 13.8 Å². The zero-order chi connectivity index (χ0) is 26.5. The fourth-order valence-corrected chi connectivity index (χ4v) is 4.94. The molecule has 0 unspecified atom stereocenters. The summed E-state index contributed by atoms with van der Waals surface area (Å²) in [7, 11) is 0. The van der Waals surface area contributed by atoms with Crippen molar-refractivity contribution in [3.8, 4) is 17.0 Å². The molecule has 1 aliphatic heterocycles. The van der Waals surface area contributed by atoms with E-state index in [0.717, 1.165) is 12.8 Å². The first-order valence-electron chi connectivity index (χ1n) is 12.5. The molecule has 3 aromatic rings. The highest BCUT2D eigenvalue weighted by atomic mass is 19.3. The third-order valence-electron chi connectivity index (χ3n) is 7.38. The molecule has 1 aromatic carbocycles. The summed E-state index contributed by atoms with van der Waals surface area (Å²) in [6.45, 7) is 8.82. The molecule has 1 aliphatic carbocycles. The summed E-state index contributed by atoms with van der Waals surface area (Å²) in [5.74, 6) is 0.598. The standard InChI is InChI=1S/C27H31F2N5O3/c1-14-21(26(36)33-20-10-34(15(2)35)12-27(20,3)4)23-24(32-14)22(30-13-31-23)18-9-17(25(28)29)7-8-19(18)37-11-16-5-6-16/h7-9,13,16,20,25,32H,5-6,10-12H2,1-4H3,(H,33,36)/t20-/m1/s1. The lowest BCUT2D eigenvalue weighted by molar-refractivity contribution is -0.128. The fourth-order valence-electron chi connectivity index (χ4n) is 4.94. The van der Waals surface area contributed by atoms with Crippen LogP contribution in [-0.2, 0) is 4.79 Å². The Labute approximate surface area is 213 Å². The van der Waals surface area contributed by atoms with E-state index >= 15 is 0 Å². The van der Waals surface area contributed by atoms with E-state index in [0.29, 0.717) is 64.9 Å². The number of rotatable bonds is 7. The Hall–Kier alpha value is -3.56. The van der Waals surface area contributed by atoms with Gasteiger partial charge in [0, 0.05) is 42.2 Å². The Kier molecular flexibility index (Phi) is 6.37. The summed E-state index contributed by atoms with van der Waals surface area (Å²) in [5.41, 5.74) is 2.20. The van der Waals surface area contributed by atoms with Crippen LogP contribution in [0.1, 0.15) is 61.7 Å². The van der Waals surface area contributed by atoms with Crippen LogP contribution in [0.15, 0.2) is 24.5 Å². The molecule has 1 saturated heterocycles. The smallest absolute Gasteiger partial charge is 0.263 e. The number of fused-ring (bicyclic) bond motifs is 1. The number of aromatic amines is 1. The van der Waals surface area contributed by atoms with Crippen molar-refractivity contribution in [2.75, 3.05) is 19.7 Å². The molecular weight excluding hydrogens is 480 g/mol. The van der Waals surface area contributed by atoms with Crippen LogP contribution >= 0.6 is 0 Å². The lowest BCUT2D eigenvalue weighted by atomic mass is 9.87. The topological polar surface area (TPSA) is 100 Å². The molecule has 3 heterocycles. The quantitative estimate of drug-likeness (QED) is 0.481. The Morgan fingerprint density at radius 2 is 2.03 bits per heavy atom. The number of nitrogens with one attached hydrogen (secondary N) is 2. The molecule has 0 spiro atoms. The number of hydrogen-bond acceptors (Lipinski definition) is 5. The number of ether oxygens (including phenoxy) is 1. The number of hydrogen-bond donors (Lipinski definition) is 2. The van der Waals surface area contributed by atoms with Gasteiger partial charge in [-0.25, -0.2) is 18.7 Å². The maximum atomic E-state index is 13.6. The number of amides is 2. The average molecular weight is 512 g/mol.